The van der Waals surface area contributed by atoms with E-state index >= 15 is 0 Å². The van der Waals surface area contributed by atoms with E-state index in [1.165, 1.54) is 5.57 Å². The highest BCUT2D eigenvalue weighted by molar-refractivity contribution is 5.39. The van der Waals surface area contributed by atoms with Gasteiger partial charge in [0.2, 0.25) is 0 Å². The first-order valence-electron chi connectivity index (χ1n) is 6.22. The van der Waals surface area contributed by atoms with Crippen LogP contribution in [0, 0.1) is 0 Å². The van der Waals surface area contributed by atoms with Crippen molar-refractivity contribution < 1.29 is 0 Å². The molecule has 18 heavy (non-hydrogen) atoms. The molecular formula is C15H17N3. The molecule has 1 atom stereocenters. The van der Waals surface area contributed by atoms with E-state index < -0.39 is 0 Å². The molecule has 0 spiro atoms. The lowest BCUT2D eigenvalue weighted by molar-refractivity contribution is 0.305. The first-order valence-corrected chi connectivity index (χ1v) is 6.22. The van der Waals surface area contributed by atoms with Gasteiger partial charge in [0.05, 0.1) is 0 Å². The Kier molecular flexibility index (Phi) is 2.81. The monoisotopic (exact) mass is 239 g/mol. The standard InChI is InChI=1S/C15H17N3/c1-18-14(9-8-12-10-11-16-15(12)18)17-13-6-4-2-3-5-7-13/h2-4,6-11,15-17H,5H2,1H3. The lowest BCUT2D eigenvalue weighted by Crippen LogP contribution is -2.43. The molecule has 3 aliphatic rings. The molecule has 0 amide bonds. The van der Waals surface area contributed by atoms with Gasteiger partial charge in [-0.1, -0.05) is 30.4 Å². The molecule has 3 heteroatoms. The molecule has 0 saturated heterocycles. The summed E-state index contributed by atoms with van der Waals surface area (Å²) in [6.07, 6.45) is 20.2. The summed E-state index contributed by atoms with van der Waals surface area (Å²) in [7, 11) is 2.09. The minimum Gasteiger partial charge on any atom is -0.367 e. The smallest absolute Gasteiger partial charge is 0.126 e. The van der Waals surface area contributed by atoms with Gasteiger partial charge in [-0.3, -0.25) is 0 Å². The zero-order valence-corrected chi connectivity index (χ0v) is 10.4. The van der Waals surface area contributed by atoms with E-state index in [0.29, 0.717) is 0 Å². The maximum Gasteiger partial charge on any atom is 0.126 e. The predicted molar refractivity (Wildman–Crippen MR) is 74.1 cm³/mol. The third-order valence-electron chi connectivity index (χ3n) is 3.32. The Labute approximate surface area is 108 Å². The van der Waals surface area contributed by atoms with E-state index in [-0.39, 0.29) is 6.17 Å². The van der Waals surface area contributed by atoms with Gasteiger partial charge in [0.1, 0.15) is 12.0 Å². The Balaban J connectivity index is 1.77. The van der Waals surface area contributed by atoms with Crippen molar-refractivity contribution in [3.05, 3.63) is 71.9 Å². The summed E-state index contributed by atoms with van der Waals surface area (Å²) in [5.41, 5.74) is 2.44. The minimum atomic E-state index is 0.256. The first kappa shape index (κ1) is 11.0. The topological polar surface area (TPSA) is 27.3 Å². The van der Waals surface area contributed by atoms with Gasteiger partial charge in [-0.15, -0.1) is 0 Å². The molecule has 0 radical (unpaired) electrons. The lowest BCUT2D eigenvalue weighted by atomic mass is 10.1. The van der Waals surface area contributed by atoms with Gasteiger partial charge in [-0.2, -0.15) is 0 Å². The summed E-state index contributed by atoms with van der Waals surface area (Å²) in [6.45, 7) is 0. The van der Waals surface area contributed by atoms with Crippen molar-refractivity contribution in [2.45, 2.75) is 12.6 Å². The molecular weight excluding hydrogens is 222 g/mol. The van der Waals surface area contributed by atoms with Crippen LogP contribution in [0.5, 0.6) is 0 Å². The van der Waals surface area contributed by atoms with Crippen molar-refractivity contribution in [2.75, 3.05) is 7.05 Å². The van der Waals surface area contributed by atoms with Gasteiger partial charge in [0.15, 0.2) is 0 Å². The van der Waals surface area contributed by atoms with Crippen molar-refractivity contribution in [3.8, 4) is 0 Å². The fourth-order valence-corrected chi connectivity index (χ4v) is 2.29. The van der Waals surface area contributed by atoms with Crippen LogP contribution in [-0.4, -0.2) is 18.1 Å². The molecule has 92 valence electrons. The summed E-state index contributed by atoms with van der Waals surface area (Å²) in [4.78, 5) is 2.21. The number of likely N-dealkylation sites (N-methyl/N-ethyl adjacent to an activating group) is 1. The van der Waals surface area contributed by atoms with Crippen molar-refractivity contribution in [1.29, 1.82) is 0 Å². The second-order valence-corrected chi connectivity index (χ2v) is 4.54. The third-order valence-corrected chi connectivity index (χ3v) is 3.32. The van der Waals surface area contributed by atoms with Gasteiger partial charge < -0.3 is 15.5 Å². The zero-order valence-electron chi connectivity index (χ0n) is 10.4. The highest BCUT2D eigenvalue weighted by atomic mass is 15.3. The average Bonchev–Trinajstić information content (AvgIpc) is 2.71. The Bertz CT molecular complexity index is 518. The molecule has 0 saturated carbocycles. The highest BCUT2D eigenvalue weighted by Gasteiger charge is 2.24. The van der Waals surface area contributed by atoms with E-state index in [9.17, 15) is 0 Å². The van der Waals surface area contributed by atoms with Gasteiger partial charge in [0, 0.05) is 12.7 Å². The van der Waals surface area contributed by atoms with Gasteiger partial charge in [0.25, 0.3) is 0 Å². The number of fused-ring (bicyclic) bond motifs is 1. The van der Waals surface area contributed by atoms with Crippen LogP contribution in [-0.2, 0) is 0 Å². The number of hydrogen-bond acceptors (Lipinski definition) is 3. The summed E-state index contributed by atoms with van der Waals surface area (Å²) in [6, 6.07) is 0. The number of nitrogens with one attached hydrogen (secondary N) is 2. The van der Waals surface area contributed by atoms with E-state index in [4.69, 9.17) is 0 Å². The largest absolute Gasteiger partial charge is 0.367 e. The molecule has 0 bridgehead atoms. The summed E-state index contributed by atoms with van der Waals surface area (Å²) < 4.78 is 0. The number of nitrogens with zero attached hydrogens (tertiary/aromatic N) is 1. The molecule has 0 fully saturated rings. The summed E-state index contributed by atoms with van der Waals surface area (Å²) >= 11 is 0. The molecule has 0 aromatic carbocycles. The van der Waals surface area contributed by atoms with Crippen molar-refractivity contribution in [2.24, 2.45) is 0 Å². The van der Waals surface area contributed by atoms with Crippen molar-refractivity contribution >= 4 is 0 Å². The highest BCUT2D eigenvalue weighted by Crippen LogP contribution is 2.22. The van der Waals surface area contributed by atoms with Crippen LogP contribution in [0.4, 0.5) is 0 Å². The Hall–Kier alpha value is -2.16. The van der Waals surface area contributed by atoms with Crippen molar-refractivity contribution in [1.82, 2.24) is 15.5 Å². The van der Waals surface area contributed by atoms with E-state index in [2.05, 4.69) is 71.2 Å². The van der Waals surface area contributed by atoms with Crippen LogP contribution in [0.15, 0.2) is 71.9 Å². The fourth-order valence-electron chi connectivity index (χ4n) is 2.29. The molecule has 1 aliphatic carbocycles. The van der Waals surface area contributed by atoms with Crippen LogP contribution in [0.2, 0.25) is 0 Å². The van der Waals surface area contributed by atoms with Crippen LogP contribution in [0.1, 0.15) is 6.42 Å². The predicted octanol–water partition coefficient (Wildman–Crippen LogP) is 2.13. The maximum atomic E-state index is 3.47. The molecule has 2 N–H and O–H groups in total. The van der Waals surface area contributed by atoms with Crippen LogP contribution in [0.3, 0.4) is 0 Å². The minimum absolute atomic E-state index is 0.256. The maximum absolute atomic E-state index is 3.47. The van der Waals surface area contributed by atoms with E-state index in [1.54, 1.807) is 0 Å². The molecule has 1 unspecified atom stereocenters. The van der Waals surface area contributed by atoms with Gasteiger partial charge >= 0.3 is 0 Å². The first-order chi connectivity index (χ1) is 8.84. The molecule has 2 heterocycles. The van der Waals surface area contributed by atoms with Crippen molar-refractivity contribution in [3.63, 3.8) is 0 Å². The van der Waals surface area contributed by atoms with Crippen LogP contribution >= 0.6 is 0 Å². The Morgan fingerprint density at radius 3 is 3.17 bits per heavy atom. The van der Waals surface area contributed by atoms with E-state index in [1.807, 2.05) is 6.20 Å². The van der Waals surface area contributed by atoms with Crippen LogP contribution in [0.25, 0.3) is 0 Å². The molecule has 3 nitrogen and oxygen atoms in total. The SMILES string of the molecule is CN1C(NC2=CCC=CC=C2)=CC=C2C=CNC21. The molecule has 0 aromatic rings. The van der Waals surface area contributed by atoms with E-state index in [0.717, 1.165) is 17.9 Å². The Morgan fingerprint density at radius 2 is 2.22 bits per heavy atom. The quantitative estimate of drug-likeness (QED) is 0.773. The summed E-state index contributed by atoms with van der Waals surface area (Å²) in [5, 5.41) is 6.80. The normalized spacial score (nSPS) is 24.8. The molecule has 0 aromatic heterocycles. The second-order valence-electron chi connectivity index (χ2n) is 4.54. The van der Waals surface area contributed by atoms with Crippen LogP contribution < -0.4 is 10.6 Å². The Morgan fingerprint density at radius 1 is 1.28 bits per heavy atom. The van der Waals surface area contributed by atoms with Gasteiger partial charge in [-0.25, -0.2) is 0 Å². The number of allylic oxidation sites excluding steroid dienone is 7. The second kappa shape index (κ2) is 4.61. The van der Waals surface area contributed by atoms with Gasteiger partial charge in [-0.05, 0) is 36.4 Å². The number of hydrogen-bond donors (Lipinski definition) is 2. The molecule has 3 rings (SSSR count). The summed E-state index contributed by atoms with van der Waals surface area (Å²) in [5.74, 6) is 1.11. The number of rotatable bonds is 2. The average molecular weight is 239 g/mol. The zero-order chi connectivity index (χ0) is 12.4. The lowest BCUT2D eigenvalue weighted by Gasteiger charge is -2.33. The molecule has 2 aliphatic heterocycles. The third kappa shape index (κ3) is 1.99. The fraction of sp³-hybridized carbons (Fsp3) is 0.200.